The van der Waals surface area contributed by atoms with E-state index in [2.05, 4.69) is 20.0 Å². The maximum Gasteiger partial charge on any atom is 0.471 e. The van der Waals surface area contributed by atoms with Gasteiger partial charge in [-0.2, -0.15) is 18.2 Å². The number of hydrogen-bond acceptors (Lipinski definition) is 4. The van der Waals surface area contributed by atoms with Crippen molar-refractivity contribution >= 4 is 5.91 Å². The zero-order chi connectivity index (χ0) is 17.4. The smallest absolute Gasteiger partial charge is 0.347 e. The predicted octanol–water partition coefficient (Wildman–Crippen LogP) is 3.42. The van der Waals surface area contributed by atoms with E-state index in [0.29, 0.717) is 0 Å². The van der Waals surface area contributed by atoms with Crippen molar-refractivity contribution in [3.63, 3.8) is 0 Å². The van der Waals surface area contributed by atoms with Crippen LogP contribution in [0, 0.1) is 5.82 Å². The molecule has 124 valence electrons. The highest BCUT2D eigenvalue weighted by atomic mass is 19.4. The molecule has 1 N–H and O–H groups in total. The molecule has 0 atom stereocenters. The van der Waals surface area contributed by atoms with Crippen LogP contribution in [0.4, 0.5) is 17.6 Å². The van der Waals surface area contributed by atoms with Gasteiger partial charge in [-0.25, -0.2) is 4.39 Å². The largest absolute Gasteiger partial charge is 0.471 e. The average molecular weight is 331 g/mol. The lowest BCUT2D eigenvalue weighted by atomic mass is 10.1. The molecule has 0 bridgehead atoms. The predicted molar refractivity (Wildman–Crippen MR) is 71.9 cm³/mol. The number of aromatic nitrogens is 2. The van der Waals surface area contributed by atoms with Crippen molar-refractivity contribution in [2.45, 2.75) is 32.5 Å². The summed E-state index contributed by atoms with van der Waals surface area (Å²) in [5.74, 6) is -3.48. The summed E-state index contributed by atoms with van der Waals surface area (Å²) in [6, 6.07) is 3.27. The zero-order valence-corrected chi connectivity index (χ0v) is 12.5. The van der Waals surface area contributed by atoms with E-state index in [-0.39, 0.29) is 11.1 Å². The number of rotatable bonds is 2. The van der Waals surface area contributed by atoms with Crippen LogP contribution >= 0.6 is 0 Å². The molecule has 1 heterocycles. The fourth-order valence-corrected chi connectivity index (χ4v) is 1.70. The first-order valence-corrected chi connectivity index (χ1v) is 6.51. The van der Waals surface area contributed by atoms with Gasteiger partial charge in [0.1, 0.15) is 5.82 Å². The third kappa shape index (κ3) is 4.05. The molecule has 0 aliphatic heterocycles. The number of halogens is 4. The van der Waals surface area contributed by atoms with Crippen LogP contribution in [-0.4, -0.2) is 21.6 Å². The van der Waals surface area contributed by atoms with E-state index in [1.54, 1.807) is 20.8 Å². The van der Waals surface area contributed by atoms with Crippen molar-refractivity contribution < 1.29 is 26.9 Å². The Morgan fingerprint density at radius 1 is 1.22 bits per heavy atom. The van der Waals surface area contributed by atoms with E-state index in [0.717, 1.165) is 12.1 Å². The highest BCUT2D eigenvalue weighted by molar-refractivity contribution is 5.95. The minimum atomic E-state index is -4.78. The van der Waals surface area contributed by atoms with Crippen molar-refractivity contribution in [3.8, 4) is 11.4 Å². The van der Waals surface area contributed by atoms with Crippen LogP contribution < -0.4 is 5.32 Å². The summed E-state index contributed by atoms with van der Waals surface area (Å²) in [5, 5.41) is 5.74. The third-order valence-corrected chi connectivity index (χ3v) is 2.63. The Labute approximate surface area is 128 Å². The number of hydrogen-bond donors (Lipinski definition) is 1. The Morgan fingerprint density at radius 3 is 2.35 bits per heavy atom. The van der Waals surface area contributed by atoms with E-state index >= 15 is 0 Å². The van der Waals surface area contributed by atoms with Crippen LogP contribution in [0.3, 0.4) is 0 Å². The van der Waals surface area contributed by atoms with E-state index in [9.17, 15) is 22.4 Å². The maximum absolute atomic E-state index is 14.0. The first-order chi connectivity index (χ1) is 10.5. The molecule has 2 aromatic rings. The SMILES string of the molecule is CC(C)(C)NC(=O)c1ccc(-c2noc(C(F)(F)F)n2)cc1F. The summed E-state index contributed by atoms with van der Waals surface area (Å²) in [5.41, 5.74) is -0.824. The van der Waals surface area contributed by atoms with Crippen LogP contribution in [0.1, 0.15) is 37.0 Å². The molecule has 0 saturated heterocycles. The molecule has 9 heteroatoms. The van der Waals surface area contributed by atoms with Crippen LogP contribution in [-0.2, 0) is 6.18 Å². The molecule has 0 aliphatic carbocycles. The molecule has 0 saturated carbocycles. The quantitative estimate of drug-likeness (QED) is 0.856. The normalized spacial score (nSPS) is 12.3. The monoisotopic (exact) mass is 331 g/mol. The summed E-state index contributed by atoms with van der Waals surface area (Å²) in [7, 11) is 0. The van der Waals surface area contributed by atoms with Gasteiger partial charge in [0.05, 0.1) is 5.56 Å². The maximum atomic E-state index is 14.0. The molecule has 1 aromatic carbocycles. The Kier molecular flexibility index (Phi) is 4.14. The molecule has 0 spiro atoms. The summed E-state index contributed by atoms with van der Waals surface area (Å²) in [6.45, 7) is 5.19. The van der Waals surface area contributed by atoms with E-state index < -0.39 is 35.2 Å². The molecule has 1 amide bonds. The van der Waals surface area contributed by atoms with Crippen molar-refractivity contribution in [2.24, 2.45) is 0 Å². The lowest BCUT2D eigenvalue weighted by molar-refractivity contribution is -0.159. The number of alkyl halides is 3. The second kappa shape index (κ2) is 5.64. The van der Waals surface area contributed by atoms with Gasteiger partial charge in [-0.1, -0.05) is 11.2 Å². The molecular formula is C14H13F4N3O2. The van der Waals surface area contributed by atoms with Gasteiger partial charge in [0.2, 0.25) is 5.82 Å². The number of benzene rings is 1. The fraction of sp³-hybridized carbons (Fsp3) is 0.357. The first kappa shape index (κ1) is 16.9. The van der Waals surface area contributed by atoms with Crippen molar-refractivity contribution in [2.75, 3.05) is 0 Å². The summed E-state index contributed by atoms with van der Waals surface area (Å²) in [6.07, 6.45) is -4.78. The highest BCUT2D eigenvalue weighted by Gasteiger charge is 2.38. The standard InChI is InChI=1S/C14H13F4N3O2/c1-13(2,3)20-11(22)8-5-4-7(6-9(8)15)10-19-12(23-21-10)14(16,17)18/h4-6H,1-3H3,(H,20,22). The van der Waals surface area contributed by atoms with Gasteiger partial charge in [0, 0.05) is 11.1 Å². The van der Waals surface area contributed by atoms with Crippen LogP contribution in [0.25, 0.3) is 11.4 Å². The van der Waals surface area contributed by atoms with Gasteiger partial charge in [0.15, 0.2) is 0 Å². The summed E-state index contributed by atoms with van der Waals surface area (Å²) >= 11 is 0. The number of amides is 1. The lowest BCUT2D eigenvalue weighted by Gasteiger charge is -2.20. The Morgan fingerprint density at radius 2 is 1.87 bits per heavy atom. The molecular weight excluding hydrogens is 318 g/mol. The van der Waals surface area contributed by atoms with Crippen LogP contribution in [0.5, 0.6) is 0 Å². The van der Waals surface area contributed by atoms with E-state index in [4.69, 9.17) is 0 Å². The fourth-order valence-electron chi connectivity index (χ4n) is 1.70. The second-order valence-electron chi connectivity index (χ2n) is 5.82. The molecule has 23 heavy (non-hydrogen) atoms. The van der Waals surface area contributed by atoms with Crippen molar-refractivity contribution in [3.05, 3.63) is 35.5 Å². The second-order valence-corrected chi connectivity index (χ2v) is 5.82. The van der Waals surface area contributed by atoms with Crippen LogP contribution in [0.2, 0.25) is 0 Å². The topological polar surface area (TPSA) is 68.0 Å². The molecule has 0 radical (unpaired) electrons. The minimum Gasteiger partial charge on any atom is -0.347 e. The number of carbonyl (C=O) groups excluding carboxylic acids is 1. The molecule has 0 unspecified atom stereocenters. The lowest BCUT2D eigenvalue weighted by Crippen LogP contribution is -2.40. The van der Waals surface area contributed by atoms with Gasteiger partial charge >= 0.3 is 12.1 Å². The van der Waals surface area contributed by atoms with Gasteiger partial charge in [0.25, 0.3) is 5.91 Å². The number of carbonyl (C=O) groups is 1. The molecule has 0 fully saturated rings. The van der Waals surface area contributed by atoms with Gasteiger partial charge in [-0.15, -0.1) is 0 Å². The van der Waals surface area contributed by atoms with E-state index in [1.807, 2.05) is 0 Å². The molecule has 0 aliphatic rings. The Bertz CT molecular complexity index is 732. The van der Waals surface area contributed by atoms with Gasteiger partial charge in [-0.3, -0.25) is 4.79 Å². The molecule has 1 aromatic heterocycles. The highest BCUT2D eigenvalue weighted by Crippen LogP contribution is 2.29. The van der Waals surface area contributed by atoms with E-state index in [1.165, 1.54) is 6.07 Å². The van der Waals surface area contributed by atoms with Gasteiger partial charge < -0.3 is 9.84 Å². The van der Waals surface area contributed by atoms with Crippen LogP contribution in [0.15, 0.2) is 22.7 Å². The Balaban J connectivity index is 2.29. The molecule has 2 rings (SSSR count). The van der Waals surface area contributed by atoms with Gasteiger partial charge in [-0.05, 0) is 32.9 Å². The first-order valence-electron chi connectivity index (χ1n) is 6.51. The van der Waals surface area contributed by atoms with Crippen molar-refractivity contribution in [1.29, 1.82) is 0 Å². The molecule has 5 nitrogen and oxygen atoms in total. The summed E-state index contributed by atoms with van der Waals surface area (Å²) < 4.78 is 55.3. The third-order valence-electron chi connectivity index (χ3n) is 2.63. The summed E-state index contributed by atoms with van der Waals surface area (Å²) in [4.78, 5) is 15.1. The Hall–Kier alpha value is -2.45. The van der Waals surface area contributed by atoms with Crippen molar-refractivity contribution in [1.82, 2.24) is 15.5 Å². The minimum absolute atomic E-state index is 0.0333. The average Bonchev–Trinajstić information content (AvgIpc) is 2.85. The number of nitrogens with zero attached hydrogens (tertiary/aromatic N) is 2. The zero-order valence-electron chi connectivity index (χ0n) is 12.5. The number of nitrogens with one attached hydrogen (secondary N) is 1.